The van der Waals surface area contributed by atoms with E-state index in [-0.39, 0.29) is 4.90 Å². The van der Waals surface area contributed by atoms with Gasteiger partial charge in [-0.2, -0.15) is 4.31 Å². The lowest BCUT2D eigenvalue weighted by atomic mass is 10.4. The van der Waals surface area contributed by atoms with Gasteiger partial charge in [-0.25, -0.2) is 13.4 Å². The molecule has 0 unspecified atom stereocenters. The van der Waals surface area contributed by atoms with Gasteiger partial charge < -0.3 is 10.1 Å². The fourth-order valence-electron chi connectivity index (χ4n) is 1.90. The smallest absolute Gasteiger partial charge is 0.246 e. The summed E-state index contributed by atoms with van der Waals surface area (Å²) in [6, 6.07) is 3.24. The van der Waals surface area contributed by atoms with Crippen molar-refractivity contribution >= 4 is 15.8 Å². The maximum absolute atomic E-state index is 12.6. The Bertz CT molecular complexity index is 513. The van der Waals surface area contributed by atoms with Crippen LogP contribution in [0.3, 0.4) is 0 Å². The highest BCUT2D eigenvalue weighted by Gasteiger charge is 2.28. The summed E-state index contributed by atoms with van der Waals surface area (Å²) in [7, 11) is -3.49. The van der Waals surface area contributed by atoms with E-state index in [2.05, 4.69) is 10.3 Å². The molecule has 0 atom stereocenters. The number of hydrogen-bond acceptors (Lipinski definition) is 5. The van der Waals surface area contributed by atoms with Crippen molar-refractivity contribution in [3.05, 3.63) is 18.3 Å². The summed E-state index contributed by atoms with van der Waals surface area (Å²) in [6.07, 6.45) is 2.50. The molecule has 0 amide bonds. The first-order chi connectivity index (χ1) is 9.16. The van der Waals surface area contributed by atoms with E-state index in [1.54, 1.807) is 18.3 Å². The number of nitrogens with one attached hydrogen (secondary N) is 1. The quantitative estimate of drug-likeness (QED) is 0.871. The molecule has 1 aromatic heterocycles. The Morgan fingerprint density at radius 2 is 2.16 bits per heavy atom. The molecule has 0 aromatic carbocycles. The molecular weight excluding hydrogens is 266 g/mol. The van der Waals surface area contributed by atoms with E-state index in [0.717, 1.165) is 6.42 Å². The summed E-state index contributed by atoms with van der Waals surface area (Å²) in [5, 5.41) is 3.06. The van der Waals surface area contributed by atoms with Crippen LogP contribution in [0.4, 0.5) is 5.82 Å². The highest BCUT2D eigenvalue weighted by molar-refractivity contribution is 7.89. The van der Waals surface area contributed by atoms with Gasteiger partial charge in [-0.3, -0.25) is 0 Å². The van der Waals surface area contributed by atoms with Crippen LogP contribution in [0.5, 0.6) is 0 Å². The van der Waals surface area contributed by atoms with Crippen molar-refractivity contribution in [3.8, 4) is 0 Å². The Kier molecular flexibility index (Phi) is 4.73. The first-order valence-corrected chi connectivity index (χ1v) is 7.87. The van der Waals surface area contributed by atoms with Gasteiger partial charge in [0.1, 0.15) is 10.7 Å². The van der Waals surface area contributed by atoms with Gasteiger partial charge >= 0.3 is 0 Å². The molecule has 0 radical (unpaired) electrons. The lowest BCUT2D eigenvalue weighted by Gasteiger charge is -2.26. The summed E-state index contributed by atoms with van der Waals surface area (Å²) in [5.74, 6) is 0.427. The van der Waals surface area contributed by atoms with Crippen LogP contribution in [0.25, 0.3) is 0 Å². The molecule has 0 aliphatic carbocycles. The van der Waals surface area contributed by atoms with E-state index in [9.17, 15) is 8.42 Å². The average molecular weight is 285 g/mol. The number of nitrogens with zero attached hydrogens (tertiary/aromatic N) is 2. The van der Waals surface area contributed by atoms with Crippen molar-refractivity contribution in [1.29, 1.82) is 0 Å². The topological polar surface area (TPSA) is 71.5 Å². The molecule has 7 heteroatoms. The Balaban J connectivity index is 2.28. The highest BCUT2D eigenvalue weighted by Crippen LogP contribution is 2.23. The minimum absolute atomic E-state index is 0.241. The molecule has 6 nitrogen and oxygen atoms in total. The largest absolute Gasteiger partial charge is 0.379 e. The first-order valence-electron chi connectivity index (χ1n) is 6.43. The standard InChI is InChI=1S/C12H19N3O3S/c1-2-5-13-12-11(4-3-6-14-12)19(16,17)15-7-9-18-10-8-15/h3-4,6H,2,5,7-10H2,1H3,(H,13,14). The van der Waals surface area contributed by atoms with Crippen LogP contribution in [0, 0.1) is 0 Å². The highest BCUT2D eigenvalue weighted by atomic mass is 32.2. The Morgan fingerprint density at radius 1 is 1.42 bits per heavy atom. The zero-order valence-corrected chi connectivity index (χ0v) is 11.8. The number of anilines is 1. The van der Waals surface area contributed by atoms with Crippen molar-refractivity contribution < 1.29 is 13.2 Å². The number of pyridine rings is 1. The van der Waals surface area contributed by atoms with Crippen molar-refractivity contribution in [3.63, 3.8) is 0 Å². The number of morpholine rings is 1. The van der Waals surface area contributed by atoms with E-state index in [0.29, 0.717) is 38.7 Å². The average Bonchev–Trinajstić information content (AvgIpc) is 2.46. The predicted octanol–water partition coefficient (Wildman–Crippen LogP) is 0.924. The van der Waals surface area contributed by atoms with E-state index in [4.69, 9.17) is 4.74 Å². The summed E-state index contributed by atoms with van der Waals surface area (Å²) in [5.41, 5.74) is 0. The molecule has 1 fully saturated rings. The van der Waals surface area contributed by atoms with Crippen LogP contribution >= 0.6 is 0 Å². The molecule has 0 bridgehead atoms. The van der Waals surface area contributed by atoms with Crippen LogP contribution < -0.4 is 5.32 Å². The molecule has 1 aromatic rings. The molecule has 1 N–H and O–H groups in total. The molecule has 106 valence electrons. The summed E-state index contributed by atoms with van der Waals surface area (Å²) < 4.78 is 31.8. The maximum Gasteiger partial charge on any atom is 0.246 e. The van der Waals surface area contributed by atoms with Gasteiger partial charge in [0.2, 0.25) is 10.0 Å². The van der Waals surface area contributed by atoms with Gasteiger partial charge in [0, 0.05) is 25.8 Å². The molecule has 0 saturated carbocycles. The first kappa shape index (κ1) is 14.2. The molecule has 1 aliphatic heterocycles. The second-order valence-corrected chi connectivity index (χ2v) is 6.20. The van der Waals surface area contributed by atoms with E-state index in [1.165, 1.54) is 4.31 Å². The van der Waals surface area contributed by atoms with Gasteiger partial charge in [-0.05, 0) is 18.6 Å². The number of aromatic nitrogens is 1. The van der Waals surface area contributed by atoms with Gasteiger partial charge in [0.25, 0.3) is 0 Å². The fraction of sp³-hybridized carbons (Fsp3) is 0.583. The summed E-state index contributed by atoms with van der Waals surface area (Å²) in [4.78, 5) is 4.37. The Labute approximate surface area is 113 Å². The van der Waals surface area contributed by atoms with Crippen molar-refractivity contribution in [2.75, 3.05) is 38.2 Å². The molecule has 1 aliphatic rings. The summed E-state index contributed by atoms with van der Waals surface area (Å²) in [6.45, 7) is 4.39. The predicted molar refractivity (Wildman–Crippen MR) is 72.6 cm³/mol. The van der Waals surface area contributed by atoms with Gasteiger partial charge in [-0.1, -0.05) is 6.92 Å². The van der Waals surface area contributed by atoms with Crippen molar-refractivity contribution in [2.24, 2.45) is 0 Å². The molecule has 19 heavy (non-hydrogen) atoms. The lowest BCUT2D eigenvalue weighted by molar-refractivity contribution is 0.0730. The third kappa shape index (κ3) is 3.23. The molecular formula is C12H19N3O3S. The van der Waals surface area contributed by atoms with Crippen LogP contribution in [-0.2, 0) is 14.8 Å². The molecule has 1 saturated heterocycles. The van der Waals surface area contributed by atoms with Crippen LogP contribution in [-0.4, -0.2) is 50.6 Å². The van der Waals surface area contributed by atoms with Gasteiger partial charge in [0.05, 0.1) is 13.2 Å². The van der Waals surface area contributed by atoms with Crippen molar-refractivity contribution in [2.45, 2.75) is 18.2 Å². The fourth-order valence-corrected chi connectivity index (χ4v) is 3.43. The monoisotopic (exact) mass is 285 g/mol. The minimum atomic E-state index is -3.49. The lowest BCUT2D eigenvalue weighted by Crippen LogP contribution is -2.40. The molecule has 0 spiro atoms. The number of rotatable bonds is 5. The third-order valence-corrected chi connectivity index (χ3v) is 4.83. The number of ether oxygens (including phenoxy) is 1. The van der Waals surface area contributed by atoms with E-state index >= 15 is 0 Å². The SMILES string of the molecule is CCCNc1ncccc1S(=O)(=O)N1CCOCC1. The van der Waals surface area contributed by atoms with Crippen LogP contribution in [0.2, 0.25) is 0 Å². The van der Waals surface area contributed by atoms with Gasteiger partial charge in [0.15, 0.2) is 0 Å². The molecule has 2 heterocycles. The van der Waals surface area contributed by atoms with Crippen LogP contribution in [0.15, 0.2) is 23.2 Å². The maximum atomic E-state index is 12.6. The minimum Gasteiger partial charge on any atom is -0.379 e. The zero-order chi connectivity index (χ0) is 13.7. The van der Waals surface area contributed by atoms with E-state index in [1.807, 2.05) is 6.92 Å². The van der Waals surface area contributed by atoms with Gasteiger partial charge in [-0.15, -0.1) is 0 Å². The zero-order valence-electron chi connectivity index (χ0n) is 11.0. The molecule has 2 rings (SSSR count). The second-order valence-electron chi connectivity index (χ2n) is 4.29. The number of sulfonamides is 1. The third-order valence-electron chi connectivity index (χ3n) is 2.90. The Hall–Kier alpha value is -1.18. The van der Waals surface area contributed by atoms with Crippen molar-refractivity contribution in [1.82, 2.24) is 9.29 Å². The second kappa shape index (κ2) is 6.31. The van der Waals surface area contributed by atoms with Crippen LogP contribution in [0.1, 0.15) is 13.3 Å². The van der Waals surface area contributed by atoms with E-state index < -0.39 is 10.0 Å². The normalized spacial score (nSPS) is 17.3. The number of hydrogen-bond donors (Lipinski definition) is 1. The summed E-state index contributed by atoms with van der Waals surface area (Å²) >= 11 is 0. The Morgan fingerprint density at radius 3 is 2.84 bits per heavy atom.